The van der Waals surface area contributed by atoms with E-state index in [9.17, 15) is 18.0 Å². The first kappa shape index (κ1) is 25.7. The Morgan fingerprint density at radius 1 is 0.711 bits per heavy atom. The number of alkyl halides is 3. The summed E-state index contributed by atoms with van der Waals surface area (Å²) in [6.45, 7) is 4.55. The predicted octanol–water partition coefficient (Wildman–Crippen LogP) is 7.23. The molecule has 38 heavy (non-hydrogen) atoms. The van der Waals surface area contributed by atoms with Crippen LogP contribution in [0.15, 0.2) is 103 Å². The molecule has 6 heteroatoms. The van der Waals surface area contributed by atoms with Crippen molar-refractivity contribution >= 4 is 5.91 Å². The SMILES string of the molecule is Cc1ccc(-c2ccc(C(F)(F)F)cc2)cc1C(=O)N1CCN(C(c2ccccc2)c2ccccc2)CC1. The summed E-state index contributed by atoms with van der Waals surface area (Å²) in [5.41, 5.74) is 4.55. The van der Waals surface area contributed by atoms with Crippen LogP contribution in [0.1, 0.15) is 38.7 Å². The summed E-state index contributed by atoms with van der Waals surface area (Å²) in [5, 5.41) is 0. The molecule has 0 radical (unpaired) electrons. The highest BCUT2D eigenvalue weighted by atomic mass is 19.4. The summed E-state index contributed by atoms with van der Waals surface area (Å²) < 4.78 is 38.9. The fourth-order valence-corrected chi connectivity index (χ4v) is 5.12. The van der Waals surface area contributed by atoms with E-state index in [4.69, 9.17) is 0 Å². The average molecular weight is 515 g/mol. The van der Waals surface area contributed by atoms with Crippen LogP contribution in [-0.4, -0.2) is 41.9 Å². The van der Waals surface area contributed by atoms with Gasteiger partial charge in [0.2, 0.25) is 0 Å². The van der Waals surface area contributed by atoms with E-state index in [-0.39, 0.29) is 11.9 Å². The lowest BCUT2D eigenvalue weighted by atomic mass is 9.96. The van der Waals surface area contributed by atoms with Crippen molar-refractivity contribution in [3.63, 3.8) is 0 Å². The Morgan fingerprint density at radius 2 is 1.24 bits per heavy atom. The highest BCUT2D eigenvalue weighted by Crippen LogP contribution is 2.32. The Labute approximate surface area is 221 Å². The van der Waals surface area contributed by atoms with Crippen LogP contribution in [0, 0.1) is 6.92 Å². The Morgan fingerprint density at radius 3 is 1.76 bits per heavy atom. The van der Waals surface area contributed by atoms with Crippen molar-refractivity contribution in [2.45, 2.75) is 19.1 Å². The van der Waals surface area contributed by atoms with Crippen molar-refractivity contribution in [2.75, 3.05) is 26.2 Å². The molecule has 1 amide bonds. The summed E-state index contributed by atoms with van der Waals surface area (Å²) in [6.07, 6.45) is -4.38. The number of aryl methyl sites for hydroxylation is 1. The molecule has 3 nitrogen and oxygen atoms in total. The molecule has 194 valence electrons. The lowest BCUT2D eigenvalue weighted by molar-refractivity contribution is -0.137. The number of piperazine rings is 1. The van der Waals surface area contributed by atoms with Crippen LogP contribution in [0.4, 0.5) is 13.2 Å². The molecule has 5 rings (SSSR count). The molecule has 0 spiro atoms. The minimum atomic E-state index is -4.38. The normalized spacial score (nSPS) is 14.6. The maximum atomic E-state index is 13.6. The molecule has 0 saturated carbocycles. The first-order chi connectivity index (χ1) is 18.3. The molecule has 1 saturated heterocycles. The highest BCUT2D eigenvalue weighted by molar-refractivity contribution is 5.97. The van der Waals surface area contributed by atoms with Gasteiger partial charge in [-0.3, -0.25) is 9.69 Å². The standard InChI is InChI=1S/C32H29F3N2O/c1-23-12-13-27(24-14-16-28(17-15-24)32(33,34)35)22-29(23)31(38)37-20-18-36(19-21-37)30(25-8-4-2-5-9-25)26-10-6-3-7-11-26/h2-17,22,30H,18-21H2,1H3. The van der Waals surface area contributed by atoms with Gasteiger partial charge in [-0.1, -0.05) is 84.9 Å². The first-order valence-corrected chi connectivity index (χ1v) is 12.7. The number of amides is 1. The lowest BCUT2D eigenvalue weighted by Crippen LogP contribution is -2.50. The maximum Gasteiger partial charge on any atom is 0.416 e. The number of hydrogen-bond acceptors (Lipinski definition) is 2. The highest BCUT2D eigenvalue weighted by Gasteiger charge is 2.31. The maximum absolute atomic E-state index is 13.6. The lowest BCUT2D eigenvalue weighted by Gasteiger charge is -2.40. The van der Waals surface area contributed by atoms with E-state index in [2.05, 4.69) is 53.4 Å². The van der Waals surface area contributed by atoms with Gasteiger partial charge in [-0.05, 0) is 52.9 Å². The van der Waals surface area contributed by atoms with Gasteiger partial charge in [-0.25, -0.2) is 0 Å². The van der Waals surface area contributed by atoms with Gasteiger partial charge in [-0.15, -0.1) is 0 Å². The molecule has 4 aromatic carbocycles. The van der Waals surface area contributed by atoms with Crippen molar-refractivity contribution in [3.05, 3.63) is 131 Å². The number of nitrogens with zero attached hydrogens (tertiary/aromatic N) is 2. The van der Waals surface area contributed by atoms with Gasteiger partial charge in [0.25, 0.3) is 5.91 Å². The predicted molar refractivity (Wildman–Crippen MR) is 144 cm³/mol. The van der Waals surface area contributed by atoms with Crippen LogP contribution >= 0.6 is 0 Å². The molecule has 0 bridgehead atoms. The zero-order valence-corrected chi connectivity index (χ0v) is 21.2. The van der Waals surface area contributed by atoms with Gasteiger partial charge < -0.3 is 4.90 Å². The van der Waals surface area contributed by atoms with E-state index in [1.807, 2.05) is 36.1 Å². The Hall–Kier alpha value is -3.90. The monoisotopic (exact) mass is 514 g/mol. The summed E-state index contributed by atoms with van der Waals surface area (Å²) >= 11 is 0. The Balaban J connectivity index is 1.33. The van der Waals surface area contributed by atoms with Gasteiger partial charge >= 0.3 is 6.18 Å². The van der Waals surface area contributed by atoms with Crippen LogP contribution in [0.5, 0.6) is 0 Å². The minimum absolute atomic E-state index is 0.0492. The fourth-order valence-electron chi connectivity index (χ4n) is 5.12. The fraction of sp³-hybridized carbons (Fsp3) is 0.219. The van der Waals surface area contributed by atoms with Gasteiger partial charge in [0, 0.05) is 31.7 Å². The zero-order chi connectivity index (χ0) is 26.7. The van der Waals surface area contributed by atoms with Crippen LogP contribution < -0.4 is 0 Å². The third-order valence-corrected chi connectivity index (χ3v) is 7.21. The second-order valence-electron chi connectivity index (χ2n) is 9.66. The number of carbonyl (C=O) groups excluding carboxylic acids is 1. The van der Waals surface area contributed by atoms with Crippen LogP contribution in [0.25, 0.3) is 11.1 Å². The van der Waals surface area contributed by atoms with Gasteiger partial charge in [0.05, 0.1) is 11.6 Å². The van der Waals surface area contributed by atoms with E-state index in [1.54, 1.807) is 6.07 Å². The Bertz CT molecular complexity index is 1340. The minimum Gasteiger partial charge on any atom is -0.336 e. The molecule has 0 aliphatic carbocycles. The molecule has 1 heterocycles. The van der Waals surface area contributed by atoms with Crippen molar-refractivity contribution in [1.82, 2.24) is 9.80 Å². The molecular formula is C32H29F3N2O. The summed E-state index contributed by atoms with van der Waals surface area (Å²) in [5.74, 6) is -0.0492. The van der Waals surface area contributed by atoms with E-state index >= 15 is 0 Å². The molecule has 1 aliphatic rings. The summed E-state index contributed by atoms with van der Waals surface area (Å²) in [7, 11) is 0. The van der Waals surface area contributed by atoms with Gasteiger partial charge in [0.15, 0.2) is 0 Å². The van der Waals surface area contributed by atoms with Crippen LogP contribution in [-0.2, 0) is 6.18 Å². The van der Waals surface area contributed by atoms with E-state index in [0.717, 1.165) is 36.3 Å². The molecule has 0 atom stereocenters. The van der Waals surface area contributed by atoms with Crippen molar-refractivity contribution in [2.24, 2.45) is 0 Å². The van der Waals surface area contributed by atoms with E-state index in [1.165, 1.54) is 23.3 Å². The van der Waals surface area contributed by atoms with Gasteiger partial charge in [-0.2, -0.15) is 13.2 Å². The van der Waals surface area contributed by atoms with Gasteiger partial charge in [0.1, 0.15) is 0 Å². The second-order valence-corrected chi connectivity index (χ2v) is 9.66. The zero-order valence-electron chi connectivity index (χ0n) is 21.2. The number of rotatable bonds is 5. The van der Waals surface area contributed by atoms with E-state index < -0.39 is 11.7 Å². The van der Waals surface area contributed by atoms with Crippen molar-refractivity contribution in [3.8, 4) is 11.1 Å². The van der Waals surface area contributed by atoms with Crippen molar-refractivity contribution in [1.29, 1.82) is 0 Å². The molecule has 4 aromatic rings. The molecule has 1 fully saturated rings. The third-order valence-electron chi connectivity index (χ3n) is 7.21. The largest absolute Gasteiger partial charge is 0.416 e. The Kier molecular flexibility index (Phi) is 7.34. The number of carbonyl (C=O) groups is 1. The first-order valence-electron chi connectivity index (χ1n) is 12.7. The molecule has 0 aromatic heterocycles. The second kappa shape index (κ2) is 10.8. The summed E-state index contributed by atoms with van der Waals surface area (Å²) in [6, 6.07) is 31.5. The molecule has 0 N–H and O–H groups in total. The number of halogens is 3. The molecule has 1 aliphatic heterocycles. The molecule has 0 unspecified atom stereocenters. The van der Waals surface area contributed by atoms with E-state index in [0.29, 0.717) is 24.2 Å². The summed E-state index contributed by atoms with van der Waals surface area (Å²) in [4.78, 5) is 17.9. The molecular weight excluding hydrogens is 485 g/mol. The average Bonchev–Trinajstić information content (AvgIpc) is 2.94. The van der Waals surface area contributed by atoms with Crippen LogP contribution in [0.2, 0.25) is 0 Å². The smallest absolute Gasteiger partial charge is 0.336 e. The number of hydrogen-bond donors (Lipinski definition) is 0. The third kappa shape index (κ3) is 5.50. The van der Waals surface area contributed by atoms with Crippen LogP contribution in [0.3, 0.4) is 0 Å². The topological polar surface area (TPSA) is 23.6 Å². The number of benzene rings is 4. The van der Waals surface area contributed by atoms with Crippen molar-refractivity contribution < 1.29 is 18.0 Å². The quantitative estimate of drug-likeness (QED) is 0.281.